The first kappa shape index (κ1) is 21.2. The minimum absolute atomic E-state index is 0.0295. The summed E-state index contributed by atoms with van der Waals surface area (Å²) in [6, 6.07) is 23.0. The molecule has 2 atom stereocenters. The number of aromatic nitrogens is 2. The lowest BCUT2D eigenvalue weighted by molar-refractivity contribution is -0.117. The van der Waals surface area contributed by atoms with Crippen LogP contribution < -0.4 is 9.64 Å². The molecule has 4 aromatic rings. The van der Waals surface area contributed by atoms with E-state index in [-0.39, 0.29) is 24.2 Å². The second kappa shape index (κ2) is 9.03. The number of fused-ring (bicyclic) bond motifs is 1. The van der Waals surface area contributed by atoms with E-state index in [4.69, 9.17) is 9.72 Å². The van der Waals surface area contributed by atoms with Gasteiger partial charge in [-0.25, -0.2) is 9.37 Å². The molecule has 7 heteroatoms. The summed E-state index contributed by atoms with van der Waals surface area (Å²) in [5.74, 6) is 0.947. The Morgan fingerprint density at radius 3 is 2.55 bits per heavy atom. The van der Waals surface area contributed by atoms with Gasteiger partial charge in [-0.05, 0) is 48.5 Å². The number of hydrogen-bond donors (Lipinski definition) is 1. The van der Waals surface area contributed by atoms with Crippen LogP contribution in [0.25, 0.3) is 11.0 Å². The molecule has 5 rings (SSSR count). The van der Waals surface area contributed by atoms with Gasteiger partial charge in [-0.3, -0.25) is 4.79 Å². The van der Waals surface area contributed by atoms with Crippen LogP contribution in [0, 0.1) is 5.82 Å². The van der Waals surface area contributed by atoms with Crippen molar-refractivity contribution in [2.24, 2.45) is 0 Å². The molecule has 0 spiro atoms. The Morgan fingerprint density at radius 2 is 1.76 bits per heavy atom. The van der Waals surface area contributed by atoms with Gasteiger partial charge in [0.15, 0.2) is 0 Å². The van der Waals surface area contributed by atoms with Crippen LogP contribution in [0.2, 0.25) is 0 Å². The molecule has 1 aromatic heterocycles. The second-order valence-electron chi connectivity index (χ2n) is 8.23. The molecule has 3 aromatic carbocycles. The lowest BCUT2D eigenvalue weighted by atomic mass is 10.1. The third-order valence-corrected chi connectivity index (χ3v) is 5.89. The number of para-hydroxylation sites is 3. The summed E-state index contributed by atoms with van der Waals surface area (Å²) in [6.45, 7) is 0.885. The molecular formula is C26H24FN3O3. The van der Waals surface area contributed by atoms with Crippen LogP contribution in [0.3, 0.4) is 0 Å². The number of imidazole rings is 1. The first-order chi connectivity index (χ1) is 16.1. The first-order valence-corrected chi connectivity index (χ1v) is 11.0. The molecule has 1 amide bonds. The highest BCUT2D eigenvalue weighted by molar-refractivity contribution is 5.96. The molecular weight excluding hydrogens is 421 g/mol. The third kappa shape index (κ3) is 4.45. The van der Waals surface area contributed by atoms with Crippen LogP contribution in [-0.2, 0) is 11.3 Å². The van der Waals surface area contributed by atoms with Gasteiger partial charge in [-0.2, -0.15) is 0 Å². The SMILES string of the molecule is O=C1C[C@H](c2nc3ccccc3n2C[C@@H](O)COc2ccccc2)CN1c1ccc(F)cc1. The molecule has 0 bridgehead atoms. The number of halogens is 1. The van der Waals surface area contributed by atoms with Crippen molar-refractivity contribution in [1.29, 1.82) is 0 Å². The number of rotatable bonds is 7. The zero-order valence-corrected chi connectivity index (χ0v) is 18.0. The maximum absolute atomic E-state index is 13.3. The van der Waals surface area contributed by atoms with Gasteiger partial charge < -0.3 is 19.3 Å². The first-order valence-electron chi connectivity index (χ1n) is 11.0. The molecule has 0 aliphatic carbocycles. The molecule has 1 N–H and O–H groups in total. The highest BCUT2D eigenvalue weighted by Gasteiger charge is 2.35. The van der Waals surface area contributed by atoms with Gasteiger partial charge in [0, 0.05) is 24.6 Å². The molecule has 2 heterocycles. The van der Waals surface area contributed by atoms with Crippen LogP contribution in [0.4, 0.5) is 10.1 Å². The number of amides is 1. The van der Waals surface area contributed by atoms with Gasteiger partial charge in [0.1, 0.15) is 30.1 Å². The highest BCUT2D eigenvalue weighted by Crippen LogP contribution is 2.33. The number of carbonyl (C=O) groups excluding carboxylic acids is 1. The Bertz CT molecular complexity index is 1260. The fourth-order valence-electron chi connectivity index (χ4n) is 4.32. The topological polar surface area (TPSA) is 67.6 Å². The molecule has 0 saturated carbocycles. The maximum Gasteiger partial charge on any atom is 0.227 e. The molecule has 168 valence electrons. The quantitative estimate of drug-likeness (QED) is 0.464. The minimum atomic E-state index is -0.758. The van der Waals surface area contributed by atoms with Crippen LogP contribution >= 0.6 is 0 Å². The van der Waals surface area contributed by atoms with Crippen LogP contribution in [-0.4, -0.2) is 39.8 Å². The number of ether oxygens (including phenoxy) is 1. The number of nitrogens with zero attached hydrogens (tertiary/aromatic N) is 3. The number of anilines is 1. The Labute approximate surface area is 190 Å². The summed E-state index contributed by atoms with van der Waals surface area (Å²) >= 11 is 0. The molecule has 33 heavy (non-hydrogen) atoms. The van der Waals surface area contributed by atoms with Gasteiger partial charge >= 0.3 is 0 Å². The average Bonchev–Trinajstić information content (AvgIpc) is 3.39. The third-order valence-electron chi connectivity index (χ3n) is 5.89. The van der Waals surface area contributed by atoms with Crippen molar-refractivity contribution in [2.75, 3.05) is 18.1 Å². The normalized spacial score (nSPS) is 17.0. The van der Waals surface area contributed by atoms with Gasteiger partial charge in [0.2, 0.25) is 5.91 Å². The Morgan fingerprint density at radius 1 is 1.03 bits per heavy atom. The Balaban J connectivity index is 1.38. The van der Waals surface area contributed by atoms with E-state index in [1.807, 2.05) is 59.2 Å². The lowest BCUT2D eigenvalue weighted by Gasteiger charge is -2.19. The number of hydrogen-bond acceptors (Lipinski definition) is 4. The molecule has 1 aliphatic rings. The van der Waals surface area contributed by atoms with Crippen molar-refractivity contribution in [2.45, 2.75) is 25.0 Å². The van der Waals surface area contributed by atoms with Crippen molar-refractivity contribution >= 4 is 22.6 Å². The van der Waals surface area contributed by atoms with Gasteiger partial charge in [-0.1, -0.05) is 30.3 Å². The second-order valence-corrected chi connectivity index (χ2v) is 8.23. The van der Waals surface area contributed by atoms with E-state index >= 15 is 0 Å². The van der Waals surface area contributed by atoms with Gasteiger partial charge in [0.25, 0.3) is 0 Å². The van der Waals surface area contributed by atoms with Crippen molar-refractivity contribution in [3.05, 3.63) is 90.5 Å². The fourth-order valence-corrected chi connectivity index (χ4v) is 4.32. The van der Waals surface area contributed by atoms with E-state index in [1.54, 1.807) is 17.0 Å². The minimum Gasteiger partial charge on any atom is -0.491 e. The van der Waals surface area contributed by atoms with E-state index in [0.717, 1.165) is 16.9 Å². The molecule has 1 fully saturated rings. The van der Waals surface area contributed by atoms with Crippen LogP contribution in [0.1, 0.15) is 18.2 Å². The molecule has 1 saturated heterocycles. The summed E-state index contributed by atoms with van der Waals surface area (Å²) in [7, 11) is 0. The number of aliphatic hydroxyl groups excluding tert-OH is 1. The van der Waals surface area contributed by atoms with E-state index < -0.39 is 6.10 Å². The summed E-state index contributed by atoms with van der Waals surface area (Å²) in [6.07, 6.45) is -0.455. The Kier molecular flexibility index (Phi) is 5.79. The Hall–Kier alpha value is -3.71. The summed E-state index contributed by atoms with van der Waals surface area (Å²) in [4.78, 5) is 19.3. The van der Waals surface area contributed by atoms with Gasteiger partial charge in [-0.15, -0.1) is 0 Å². The predicted octanol–water partition coefficient (Wildman–Crippen LogP) is 4.14. The average molecular weight is 445 g/mol. The number of benzene rings is 3. The zero-order chi connectivity index (χ0) is 22.8. The van der Waals surface area contributed by atoms with Gasteiger partial charge in [0.05, 0.1) is 17.6 Å². The summed E-state index contributed by atoms with van der Waals surface area (Å²) < 4.78 is 21.0. The standard InChI is InChI=1S/C26H24FN3O3/c27-19-10-12-20(13-11-19)29-15-18(14-25(29)32)26-28-23-8-4-5-9-24(23)30(26)16-21(31)17-33-22-6-2-1-3-7-22/h1-13,18,21,31H,14-17H2/t18-,21+/m0/s1. The maximum atomic E-state index is 13.3. The van der Waals surface area contributed by atoms with Crippen LogP contribution in [0.15, 0.2) is 78.9 Å². The highest BCUT2D eigenvalue weighted by atomic mass is 19.1. The molecule has 6 nitrogen and oxygen atoms in total. The summed E-state index contributed by atoms with van der Waals surface area (Å²) in [5, 5.41) is 10.7. The zero-order valence-electron chi connectivity index (χ0n) is 18.0. The molecule has 0 unspecified atom stereocenters. The van der Waals surface area contributed by atoms with Crippen molar-refractivity contribution in [1.82, 2.24) is 9.55 Å². The van der Waals surface area contributed by atoms with E-state index in [9.17, 15) is 14.3 Å². The largest absolute Gasteiger partial charge is 0.491 e. The lowest BCUT2D eigenvalue weighted by Crippen LogP contribution is -2.26. The van der Waals surface area contributed by atoms with Crippen molar-refractivity contribution in [3.63, 3.8) is 0 Å². The van der Waals surface area contributed by atoms with E-state index in [2.05, 4.69) is 0 Å². The van der Waals surface area contributed by atoms with Crippen LogP contribution in [0.5, 0.6) is 5.75 Å². The van der Waals surface area contributed by atoms with Crippen molar-refractivity contribution < 1.29 is 19.0 Å². The molecule has 1 aliphatic heterocycles. The smallest absolute Gasteiger partial charge is 0.227 e. The monoisotopic (exact) mass is 445 g/mol. The number of aliphatic hydroxyl groups is 1. The number of carbonyl (C=O) groups is 1. The predicted molar refractivity (Wildman–Crippen MR) is 124 cm³/mol. The van der Waals surface area contributed by atoms with E-state index in [1.165, 1.54) is 12.1 Å². The van der Waals surface area contributed by atoms with Crippen molar-refractivity contribution in [3.8, 4) is 5.75 Å². The molecule has 0 radical (unpaired) electrons. The summed E-state index contributed by atoms with van der Waals surface area (Å²) in [5.41, 5.74) is 2.39. The fraction of sp³-hybridized carbons (Fsp3) is 0.231. The van der Waals surface area contributed by atoms with E-state index in [0.29, 0.717) is 30.9 Å².